The molecule has 0 saturated heterocycles. The molecule has 2 aromatic carbocycles. The second-order valence-corrected chi connectivity index (χ2v) is 6.06. The SMILES string of the molecule is Clc1cccc(-c2cc(-c3cccc(Cl)c3Cl)ncn2)c1Cl. The molecule has 110 valence electrons. The maximum absolute atomic E-state index is 6.24. The van der Waals surface area contributed by atoms with Crippen LogP contribution < -0.4 is 0 Å². The normalized spacial score (nSPS) is 10.7. The third kappa shape index (κ3) is 2.92. The van der Waals surface area contributed by atoms with Gasteiger partial charge in [0.05, 0.1) is 31.5 Å². The van der Waals surface area contributed by atoms with E-state index in [1.807, 2.05) is 24.3 Å². The van der Waals surface area contributed by atoms with Gasteiger partial charge in [-0.2, -0.15) is 0 Å². The van der Waals surface area contributed by atoms with Crippen molar-refractivity contribution >= 4 is 46.4 Å². The van der Waals surface area contributed by atoms with Gasteiger partial charge in [-0.05, 0) is 18.2 Å². The highest BCUT2D eigenvalue weighted by Gasteiger charge is 2.12. The van der Waals surface area contributed by atoms with Gasteiger partial charge in [0.25, 0.3) is 0 Å². The molecule has 1 aromatic heterocycles. The second-order valence-electron chi connectivity index (χ2n) is 4.49. The Balaban J connectivity index is 2.14. The van der Waals surface area contributed by atoms with E-state index in [1.165, 1.54) is 6.33 Å². The Morgan fingerprint density at radius 3 is 1.55 bits per heavy atom. The van der Waals surface area contributed by atoms with Crippen molar-refractivity contribution in [2.75, 3.05) is 0 Å². The fraction of sp³-hybridized carbons (Fsp3) is 0. The summed E-state index contributed by atoms with van der Waals surface area (Å²) in [5.74, 6) is 0. The molecule has 0 spiro atoms. The van der Waals surface area contributed by atoms with E-state index in [4.69, 9.17) is 46.4 Å². The maximum atomic E-state index is 6.24. The van der Waals surface area contributed by atoms with Gasteiger partial charge < -0.3 is 0 Å². The molecule has 0 aliphatic heterocycles. The summed E-state index contributed by atoms with van der Waals surface area (Å²) in [6.45, 7) is 0. The van der Waals surface area contributed by atoms with Crippen LogP contribution in [0.25, 0.3) is 22.5 Å². The third-order valence-corrected chi connectivity index (χ3v) is 4.76. The number of hydrogen-bond acceptors (Lipinski definition) is 2. The number of rotatable bonds is 2. The predicted molar refractivity (Wildman–Crippen MR) is 92.9 cm³/mol. The monoisotopic (exact) mass is 368 g/mol. The van der Waals surface area contributed by atoms with E-state index in [0.717, 1.165) is 11.1 Å². The Labute approximate surface area is 147 Å². The number of halogens is 4. The lowest BCUT2D eigenvalue weighted by Crippen LogP contribution is -1.91. The molecule has 3 rings (SSSR count). The van der Waals surface area contributed by atoms with E-state index in [2.05, 4.69) is 9.97 Å². The minimum Gasteiger partial charge on any atom is -0.236 e. The zero-order chi connectivity index (χ0) is 15.7. The third-order valence-electron chi connectivity index (χ3n) is 3.12. The summed E-state index contributed by atoms with van der Waals surface area (Å²) in [7, 11) is 0. The van der Waals surface area contributed by atoms with Gasteiger partial charge in [-0.25, -0.2) is 9.97 Å². The van der Waals surface area contributed by atoms with E-state index in [0.29, 0.717) is 31.5 Å². The van der Waals surface area contributed by atoms with E-state index in [9.17, 15) is 0 Å². The van der Waals surface area contributed by atoms with Crippen molar-refractivity contribution < 1.29 is 0 Å². The minimum atomic E-state index is 0.450. The molecule has 22 heavy (non-hydrogen) atoms. The first-order valence-electron chi connectivity index (χ1n) is 6.28. The fourth-order valence-corrected chi connectivity index (χ4v) is 2.85. The molecule has 0 N–H and O–H groups in total. The Morgan fingerprint density at radius 1 is 0.636 bits per heavy atom. The summed E-state index contributed by atoms with van der Waals surface area (Å²) in [6, 6.07) is 12.6. The summed E-state index contributed by atoms with van der Waals surface area (Å²) >= 11 is 24.6. The molecule has 0 atom stereocenters. The number of nitrogens with zero attached hydrogens (tertiary/aromatic N) is 2. The first-order chi connectivity index (χ1) is 10.6. The Kier molecular flexibility index (Phi) is 4.55. The standard InChI is InChI=1S/C16H8Cl4N2/c17-11-5-1-3-9(15(11)19)13-7-14(22-8-21-13)10-4-2-6-12(18)16(10)20/h1-8H. The lowest BCUT2D eigenvalue weighted by molar-refractivity contribution is 1.18. The molecule has 0 bridgehead atoms. The van der Waals surface area contributed by atoms with Crippen LogP contribution in [-0.2, 0) is 0 Å². The predicted octanol–water partition coefficient (Wildman–Crippen LogP) is 6.42. The van der Waals surface area contributed by atoms with Crippen LogP contribution in [0.2, 0.25) is 20.1 Å². The number of aromatic nitrogens is 2. The van der Waals surface area contributed by atoms with Gasteiger partial charge in [0, 0.05) is 11.1 Å². The van der Waals surface area contributed by atoms with Crippen LogP contribution in [-0.4, -0.2) is 9.97 Å². The van der Waals surface area contributed by atoms with Crippen molar-refractivity contribution in [1.29, 1.82) is 0 Å². The Morgan fingerprint density at radius 2 is 1.09 bits per heavy atom. The van der Waals surface area contributed by atoms with Crippen LogP contribution in [0, 0.1) is 0 Å². The largest absolute Gasteiger partial charge is 0.236 e. The maximum Gasteiger partial charge on any atom is 0.116 e. The summed E-state index contributed by atoms with van der Waals surface area (Å²) in [5, 5.41) is 1.84. The van der Waals surface area contributed by atoms with Crippen LogP contribution in [0.3, 0.4) is 0 Å². The minimum absolute atomic E-state index is 0.450. The van der Waals surface area contributed by atoms with E-state index >= 15 is 0 Å². The molecule has 0 amide bonds. The molecule has 2 nitrogen and oxygen atoms in total. The van der Waals surface area contributed by atoms with Gasteiger partial charge >= 0.3 is 0 Å². The molecule has 1 heterocycles. The summed E-state index contributed by atoms with van der Waals surface area (Å²) in [6.07, 6.45) is 1.46. The fourth-order valence-electron chi connectivity index (χ4n) is 2.06. The van der Waals surface area contributed by atoms with Gasteiger partial charge in [0.15, 0.2) is 0 Å². The van der Waals surface area contributed by atoms with E-state index in [-0.39, 0.29) is 0 Å². The van der Waals surface area contributed by atoms with Crippen molar-refractivity contribution in [3.63, 3.8) is 0 Å². The second kappa shape index (κ2) is 6.43. The smallest absolute Gasteiger partial charge is 0.116 e. The first-order valence-corrected chi connectivity index (χ1v) is 7.80. The summed E-state index contributed by atoms with van der Waals surface area (Å²) < 4.78 is 0. The number of hydrogen-bond donors (Lipinski definition) is 0. The van der Waals surface area contributed by atoms with Crippen molar-refractivity contribution in [2.45, 2.75) is 0 Å². The highest BCUT2D eigenvalue weighted by atomic mass is 35.5. The molecular formula is C16H8Cl4N2. The van der Waals surface area contributed by atoms with E-state index < -0.39 is 0 Å². The Bertz CT molecular complexity index is 783. The highest BCUT2D eigenvalue weighted by molar-refractivity contribution is 6.44. The molecule has 0 fully saturated rings. The van der Waals surface area contributed by atoms with Crippen LogP contribution >= 0.6 is 46.4 Å². The molecule has 3 aromatic rings. The lowest BCUT2D eigenvalue weighted by atomic mass is 10.1. The van der Waals surface area contributed by atoms with Gasteiger partial charge in [-0.3, -0.25) is 0 Å². The lowest BCUT2D eigenvalue weighted by Gasteiger charge is -2.08. The van der Waals surface area contributed by atoms with Crippen LogP contribution in [0.15, 0.2) is 48.8 Å². The molecule has 0 saturated carbocycles. The molecular weight excluding hydrogens is 362 g/mol. The van der Waals surface area contributed by atoms with Crippen LogP contribution in [0.4, 0.5) is 0 Å². The van der Waals surface area contributed by atoms with Gasteiger partial charge in [-0.1, -0.05) is 70.7 Å². The van der Waals surface area contributed by atoms with Crippen molar-refractivity contribution in [3.05, 3.63) is 68.9 Å². The van der Waals surface area contributed by atoms with Crippen LogP contribution in [0.1, 0.15) is 0 Å². The van der Waals surface area contributed by atoms with Gasteiger partial charge in [0.2, 0.25) is 0 Å². The molecule has 0 radical (unpaired) electrons. The quantitative estimate of drug-likeness (QED) is 0.520. The Hall–Kier alpha value is -1.32. The average Bonchev–Trinajstić information content (AvgIpc) is 2.53. The molecule has 0 unspecified atom stereocenters. The molecule has 6 heteroatoms. The first kappa shape index (κ1) is 15.6. The van der Waals surface area contributed by atoms with Gasteiger partial charge in [0.1, 0.15) is 6.33 Å². The van der Waals surface area contributed by atoms with Gasteiger partial charge in [-0.15, -0.1) is 0 Å². The summed E-state index contributed by atoms with van der Waals surface area (Å²) in [4.78, 5) is 8.52. The zero-order valence-electron chi connectivity index (χ0n) is 11.0. The summed E-state index contributed by atoms with van der Waals surface area (Å²) in [5.41, 5.74) is 2.79. The van der Waals surface area contributed by atoms with Crippen molar-refractivity contribution in [2.24, 2.45) is 0 Å². The average molecular weight is 370 g/mol. The van der Waals surface area contributed by atoms with Crippen molar-refractivity contribution in [3.8, 4) is 22.5 Å². The van der Waals surface area contributed by atoms with E-state index in [1.54, 1.807) is 18.2 Å². The van der Waals surface area contributed by atoms with Crippen molar-refractivity contribution in [1.82, 2.24) is 9.97 Å². The molecule has 0 aliphatic rings. The molecule has 0 aliphatic carbocycles. The highest BCUT2D eigenvalue weighted by Crippen LogP contribution is 2.36. The topological polar surface area (TPSA) is 25.8 Å². The number of benzene rings is 2. The zero-order valence-corrected chi connectivity index (χ0v) is 14.0. The van der Waals surface area contributed by atoms with Crippen LogP contribution in [0.5, 0.6) is 0 Å².